The van der Waals surface area contributed by atoms with E-state index >= 15 is 0 Å². The zero-order chi connectivity index (χ0) is 12.1. The van der Waals surface area contributed by atoms with Crippen molar-refractivity contribution in [2.75, 3.05) is 6.54 Å². The molecule has 0 spiro atoms. The average Bonchev–Trinajstić information content (AvgIpc) is 2.90. The number of hydrogen-bond donors (Lipinski definition) is 2. The number of nitriles is 1. The minimum absolute atomic E-state index is 0. The van der Waals surface area contributed by atoms with Gasteiger partial charge in [0.25, 0.3) is 0 Å². The fourth-order valence-corrected chi connectivity index (χ4v) is 1.82. The van der Waals surface area contributed by atoms with Crippen LogP contribution in [0.15, 0.2) is 18.3 Å². The molecule has 1 unspecified atom stereocenters. The summed E-state index contributed by atoms with van der Waals surface area (Å²) in [5.41, 5.74) is 1.29. The molecule has 1 aromatic rings. The number of hydrogen-bond acceptors (Lipinski definition) is 4. The van der Waals surface area contributed by atoms with E-state index in [4.69, 9.17) is 5.26 Å². The lowest BCUT2D eigenvalue weighted by molar-refractivity contribution is -0.122. The van der Waals surface area contributed by atoms with Gasteiger partial charge in [-0.1, -0.05) is 6.07 Å². The van der Waals surface area contributed by atoms with Gasteiger partial charge in [-0.15, -0.1) is 12.4 Å². The van der Waals surface area contributed by atoms with Crippen LogP contribution >= 0.6 is 12.4 Å². The molecule has 1 amide bonds. The Kier molecular flexibility index (Phi) is 5.56. The predicted octanol–water partition coefficient (Wildman–Crippen LogP) is 0.743. The van der Waals surface area contributed by atoms with E-state index < -0.39 is 0 Å². The van der Waals surface area contributed by atoms with Crippen molar-refractivity contribution >= 4 is 18.3 Å². The molecule has 0 aliphatic carbocycles. The maximum atomic E-state index is 11.7. The van der Waals surface area contributed by atoms with Crippen LogP contribution in [0, 0.1) is 11.3 Å². The first-order chi connectivity index (χ1) is 8.29. The second-order valence-electron chi connectivity index (χ2n) is 4.03. The fraction of sp³-hybridized carbons (Fsp3) is 0.417. The van der Waals surface area contributed by atoms with E-state index in [2.05, 4.69) is 15.6 Å². The van der Waals surface area contributed by atoms with Crippen LogP contribution in [0.3, 0.4) is 0 Å². The van der Waals surface area contributed by atoms with Gasteiger partial charge < -0.3 is 10.6 Å². The molecule has 2 rings (SSSR count). The second-order valence-corrected chi connectivity index (χ2v) is 4.03. The number of nitrogens with zero attached hydrogens (tertiary/aromatic N) is 2. The van der Waals surface area contributed by atoms with Gasteiger partial charge in [0.05, 0.1) is 6.04 Å². The van der Waals surface area contributed by atoms with Crippen LogP contribution in [0.1, 0.15) is 24.1 Å². The van der Waals surface area contributed by atoms with Crippen LogP contribution in [0.4, 0.5) is 0 Å². The molecule has 1 saturated heterocycles. The zero-order valence-electron chi connectivity index (χ0n) is 9.85. The van der Waals surface area contributed by atoms with Crippen LogP contribution in [0.2, 0.25) is 0 Å². The molecule has 0 bridgehead atoms. The highest BCUT2D eigenvalue weighted by Gasteiger charge is 2.21. The molecule has 1 atom stereocenters. The molecule has 0 aromatic carbocycles. The van der Waals surface area contributed by atoms with Crippen molar-refractivity contribution in [1.29, 1.82) is 5.26 Å². The number of pyridine rings is 1. The normalized spacial score (nSPS) is 17.6. The SMILES string of the molecule is Cl.N#Cc1ccc(CNC(=O)C2CCCN2)cn1. The monoisotopic (exact) mass is 266 g/mol. The Labute approximate surface area is 112 Å². The number of nitrogens with one attached hydrogen (secondary N) is 2. The molecular weight excluding hydrogens is 252 g/mol. The van der Waals surface area contributed by atoms with E-state index in [1.807, 2.05) is 6.07 Å². The third-order valence-corrected chi connectivity index (χ3v) is 2.78. The Balaban J connectivity index is 0.00000162. The molecule has 0 saturated carbocycles. The molecule has 6 heteroatoms. The molecule has 2 heterocycles. The topological polar surface area (TPSA) is 77.8 Å². The van der Waals surface area contributed by atoms with Gasteiger partial charge in [-0.25, -0.2) is 4.98 Å². The predicted molar refractivity (Wildman–Crippen MR) is 69.1 cm³/mol. The van der Waals surface area contributed by atoms with E-state index in [0.717, 1.165) is 24.9 Å². The summed E-state index contributed by atoms with van der Waals surface area (Å²) in [7, 11) is 0. The Morgan fingerprint density at radius 3 is 3.00 bits per heavy atom. The summed E-state index contributed by atoms with van der Waals surface area (Å²) in [6, 6.07) is 5.35. The summed E-state index contributed by atoms with van der Waals surface area (Å²) in [5.74, 6) is 0.0341. The molecule has 2 N–H and O–H groups in total. The van der Waals surface area contributed by atoms with Crippen molar-refractivity contribution in [3.63, 3.8) is 0 Å². The van der Waals surface area contributed by atoms with Crippen LogP contribution in [-0.2, 0) is 11.3 Å². The molecule has 18 heavy (non-hydrogen) atoms. The van der Waals surface area contributed by atoms with E-state index in [1.165, 1.54) is 0 Å². The van der Waals surface area contributed by atoms with Crippen LogP contribution in [-0.4, -0.2) is 23.5 Å². The van der Waals surface area contributed by atoms with Gasteiger partial charge in [0.1, 0.15) is 11.8 Å². The molecule has 1 aromatic heterocycles. The van der Waals surface area contributed by atoms with Gasteiger partial charge >= 0.3 is 0 Å². The smallest absolute Gasteiger partial charge is 0.237 e. The lowest BCUT2D eigenvalue weighted by Crippen LogP contribution is -2.40. The van der Waals surface area contributed by atoms with E-state index in [-0.39, 0.29) is 24.4 Å². The lowest BCUT2D eigenvalue weighted by Gasteiger charge is -2.10. The van der Waals surface area contributed by atoms with Crippen molar-refractivity contribution in [3.8, 4) is 6.07 Å². The quantitative estimate of drug-likeness (QED) is 0.846. The maximum Gasteiger partial charge on any atom is 0.237 e. The third kappa shape index (κ3) is 3.69. The first-order valence-corrected chi connectivity index (χ1v) is 5.66. The highest BCUT2D eigenvalue weighted by molar-refractivity contribution is 5.85. The van der Waals surface area contributed by atoms with Crippen LogP contribution in [0.25, 0.3) is 0 Å². The highest BCUT2D eigenvalue weighted by Crippen LogP contribution is 2.05. The number of halogens is 1. The molecule has 96 valence electrons. The number of carbonyl (C=O) groups excluding carboxylic acids is 1. The third-order valence-electron chi connectivity index (χ3n) is 2.78. The Morgan fingerprint density at radius 2 is 2.44 bits per heavy atom. The van der Waals surface area contributed by atoms with Gasteiger partial charge in [-0.3, -0.25) is 4.79 Å². The van der Waals surface area contributed by atoms with Gasteiger partial charge in [0, 0.05) is 12.7 Å². The Bertz CT molecular complexity index is 434. The average molecular weight is 267 g/mol. The lowest BCUT2D eigenvalue weighted by atomic mass is 10.2. The molecule has 1 aliphatic heterocycles. The van der Waals surface area contributed by atoms with Gasteiger partial charge in [0.2, 0.25) is 5.91 Å². The van der Waals surface area contributed by atoms with Gasteiger partial charge in [0.15, 0.2) is 0 Å². The second kappa shape index (κ2) is 6.94. The van der Waals surface area contributed by atoms with Crippen molar-refractivity contribution in [2.45, 2.75) is 25.4 Å². The van der Waals surface area contributed by atoms with Crippen LogP contribution in [0.5, 0.6) is 0 Å². The summed E-state index contributed by atoms with van der Waals surface area (Å²) in [6.07, 6.45) is 3.56. The van der Waals surface area contributed by atoms with Crippen molar-refractivity contribution in [2.24, 2.45) is 0 Å². The van der Waals surface area contributed by atoms with Crippen LogP contribution < -0.4 is 10.6 Å². The van der Waals surface area contributed by atoms with E-state index in [9.17, 15) is 4.79 Å². The van der Waals surface area contributed by atoms with Crippen molar-refractivity contribution in [1.82, 2.24) is 15.6 Å². The molecular formula is C12H15ClN4O. The highest BCUT2D eigenvalue weighted by atomic mass is 35.5. The standard InChI is InChI=1S/C12H14N4O.ClH/c13-6-10-4-3-9(7-15-10)8-16-12(17)11-2-1-5-14-11;/h3-4,7,11,14H,1-2,5,8H2,(H,16,17);1H. The summed E-state index contributed by atoms with van der Waals surface area (Å²) in [6.45, 7) is 1.37. The Morgan fingerprint density at radius 1 is 1.61 bits per heavy atom. The first-order valence-electron chi connectivity index (χ1n) is 5.66. The van der Waals surface area contributed by atoms with Crippen molar-refractivity contribution in [3.05, 3.63) is 29.6 Å². The minimum Gasteiger partial charge on any atom is -0.351 e. The number of aromatic nitrogens is 1. The zero-order valence-corrected chi connectivity index (χ0v) is 10.7. The van der Waals surface area contributed by atoms with Gasteiger partial charge in [-0.05, 0) is 31.0 Å². The summed E-state index contributed by atoms with van der Waals surface area (Å²) < 4.78 is 0. The van der Waals surface area contributed by atoms with E-state index in [0.29, 0.717) is 12.2 Å². The van der Waals surface area contributed by atoms with Crippen molar-refractivity contribution < 1.29 is 4.79 Å². The number of rotatable bonds is 3. The van der Waals surface area contributed by atoms with Gasteiger partial charge in [-0.2, -0.15) is 5.26 Å². The maximum absolute atomic E-state index is 11.7. The largest absolute Gasteiger partial charge is 0.351 e. The summed E-state index contributed by atoms with van der Waals surface area (Å²) in [5, 5.41) is 14.6. The number of carbonyl (C=O) groups is 1. The molecule has 5 nitrogen and oxygen atoms in total. The summed E-state index contributed by atoms with van der Waals surface area (Å²) >= 11 is 0. The molecule has 0 radical (unpaired) electrons. The molecule has 1 fully saturated rings. The molecule has 1 aliphatic rings. The Hall–Kier alpha value is -1.64. The minimum atomic E-state index is -0.0543. The number of amides is 1. The summed E-state index contributed by atoms with van der Waals surface area (Å²) in [4.78, 5) is 15.6. The fourth-order valence-electron chi connectivity index (χ4n) is 1.82. The first kappa shape index (κ1) is 14.4. The van der Waals surface area contributed by atoms with E-state index in [1.54, 1.807) is 18.3 Å².